The lowest BCUT2D eigenvalue weighted by Crippen LogP contribution is -2.24. The molecule has 1 N–H and O–H groups in total. The molecular formula is C18H23NO. The maximum Gasteiger partial charge on any atom is 0.227 e. The molecule has 0 heterocycles. The SMILES string of the molecule is O=C(NCc1ccccc1)[C@@H]1C/C1=C\C1CCCCC1. The van der Waals surface area contributed by atoms with Crippen molar-refractivity contribution < 1.29 is 4.79 Å². The minimum atomic E-state index is 0.167. The highest BCUT2D eigenvalue weighted by Gasteiger charge is 2.36. The second-order valence-corrected chi connectivity index (χ2v) is 6.10. The molecule has 2 fully saturated rings. The lowest BCUT2D eigenvalue weighted by molar-refractivity contribution is -0.122. The molecule has 1 amide bonds. The van der Waals surface area contributed by atoms with Gasteiger partial charge in [0.15, 0.2) is 0 Å². The van der Waals surface area contributed by atoms with E-state index in [-0.39, 0.29) is 11.8 Å². The molecule has 0 radical (unpaired) electrons. The molecule has 0 bridgehead atoms. The molecule has 2 aliphatic carbocycles. The van der Waals surface area contributed by atoms with E-state index in [0.717, 1.165) is 12.3 Å². The Kier molecular flexibility index (Phi) is 4.19. The van der Waals surface area contributed by atoms with Gasteiger partial charge in [0, 0.05) is 6.54 Å². The van der Waals surface area contributed by atoms with Crippen LogP contribution in [0.1, 0.15) is 44.1 Å². The summed E-state index contributed by atoms with van der Waals surface area (Å²) in [5.41, 5.74) is 2.54. The third kappa shape index (κ3) is 3.50. The molecule has 2 nitrogen and oxygen atoms in total. The van der Waals surface area contributed by atoms with Crippen LogP contribution in [0, 0.1) is 11.8 Å². The summed E-state index contributed by atoms with van der Waals surface area (Å²) in [7, 11) is 0. The van der Waals surface area contributed by atoms with Crippen molar-refractivity contribution in [1.29, 1.82) is 0 Å². The summed E-state index contributed by atoms with van der Waals surface area (Å²) in [5.74, 6) is 1.11. The maximum atomic E-state index is 12.1. The van der Waals surface area contributed by atoms with Crippen molar-refractivity contribution in [2.24, 2.45) is 11.8 Å². The zero-order valence-electron chi connectivity index (χ0n) is 12.0. The van der Waals surface area contributed by atoms with Crippen molar-refractivity contribution in [3.05, 3.63) is 47.5 Å². The van der Waals surface area contributed by atoms with Crippen LogP contribution in [0.5, 0.6) is 0 Å². The molecule has 1 aromatic rings. The topological polar surface area (TPSA) is 29.1 Å². The first-order valence-corrected chi connectivity index (χ1v) is 7.85. The molecule has 2 heteroatoms. The number of hydrogen-bond acceptors (Lipinski definition) is 1. The van der Waals surface area contributed by atoms with E-state index < -0.39 is 0 Å². The predicted molar refractivity (Wildman–Crippen MR) is 81.1 cm³/mol. The molecule has 0 aliphatic heterocycles. The zero-order valence-corrected chi connectivity index (χ0v) is 12.0. The second-order valence-electron chi connectivity index (χ2n) is 6.10. The number of carbonyl (C=O) groups is 1. The van der Waals surface area contributed by atoms with E-state index in [2.05, 4.69) is 11.4 Å². The Hall–Kier alpha value is -1.57. The number of benzene rings is 1. The second kappa shape index (κ2) is 6.25. The molecule has 106 valence electrons. The van der Waals surface area contributed by atoms with Gasteiger partial charge in [0.2, 0.25) is 5.91 Å². The van der Waals surface area contributed by atoms with Gasteiger partial charge >= 0.3 is 0 Å². The van der Waals surface area contributed by atoms with E-state index in [1.54, 1.807) is 0 Å². The monoisotopic (exact) mass is 269 g/mol. The zero-order chi connectivity index (χ0) is 13.8. The van der Waals surface area contributed by atoms with E-state index in [4.69, 9.17) is 0 Å². The quantitative estimate of drug-likeness (QED) is 0.827. The van der Waals surface area contributed by atoms with Crippen LogP contribution in [-0.2, 0) is 11.3 Å². The molecule has 0 aromatic heterocycles. The van der Waals surface area contributed by atoms with Gasteiger partial charge < -0.3 is 5.32 Å². The number of allylic oxidation sites excluding steroid dienone is 1. The van der Waals surface area contributed by atoms with Crippen LogP contribution in [0.3, 0.4) is 0 Å². The Labute approximate surface area is 121 Å². The van der Waals surface area contributed by atoms with Crippen molar-refractivity contribution in [2.45, 2.75) is 45.1 Å². The first-order chi connectivity index (χ1) is 9.83. The standard InChI is InChI=1S/C18H23NO/c20-18(19-13-15-9-5-2-6-10-15)17-12-16(17)11-14-7-3-1-4-8-14/h2,5-6,9-11,14,17H,1,3-4,7-8,12-13H2,(H,19,20)/b16-11+/t17-/m1/s1. The van der Waals surface area contributed by atoms with E-state index in [9.17, 15) is 4.79 Å². The van der Waals surface area contributed by atoms with E-state index in [1.165, 1.54) is 43.2 Å². The van der Waals surface area contributed by atoms with Crippen LogP contribution >= 0.6 is 0 Å². The van der Waals surface area contributed by atoms with Crippen molar-refractivity contribution in [3.8, 4) is 0 Å². The molecule has 2 saturated carbocycles. The van der Waals surface area contributed by atoms with Gasteiger partial charge in [0.1, 0.15) is 0 Å². The first-order valence-electron chi connectivity index (χ1n) is 7.85. The third-order valence-corrected chi connectivity index (χ3v) is 4.45. The lowest BCUT2D eigenvalue weighted by Gasteiger charge is -2.17. The molecule has 3 rings (SSSR count). The predicted octanol–water partition coefficient (Wildman–Crippen LogP) is 3.83. The minimum Gasteiger partial charge on any atom is -0.351 e. The summed E-state index contributed by atoms with van der Waals surface area (Å²) in [6.07, 6.45) is 10.1. The van der Waals surface area contributed by atoms with Crippen LogP contribution in [0.25, 0.3) is 0 Å². The molecular weight excluding hydrogens is 246 g/mol. The minimum absolute atomic E-state index is 0.167. The van der Waals surface area contributed by atoms with Gasteiger partial charge in [-0.05, 0) is 30.7 Å². The number of nitrogens with one attached hydrogen (secondary N) is 1. The van der Waals surface area contributed by atoms with Gasteiger partial charge in [-0.25, -0.2) is 0 Å². The Bertz CT molecular complexity index is 485. The number of hydrogen-bond donors (Lipinski definition) is 1. The first kappa shape index (κ1) is 13.4. The molecule has 1 aromatic carbocycles. The van der Waals surface area contributed by atoms with Crippen LogP contribution in [0.2, 0.25) is 0 Å². The normalized spacial score (nSPS) is 24.6. The van der Waals surface area contributed by atoms with E-state index in [0.29, 0.717) is 6.54 Å². The average Bonchev–Trinajstić information content (AvgIpc) is 3.26. The van der Waals surface area contributed by atoms with Crippen molar-refractivity contribution >= 4 is 5.91 Å². The smallest absolute Gasteiger partial charge is 0.227 e. The molecule has 2 aliphatic rings. The fraction of sp³-hybridized carbons (Fsp3) is 0.500. The van der Waals surface area contributed by atoms with Gasteiger partial charge in [-0.15, -0.1) is 0 Å². The lowest BCUT2D eigenvalue weighted by atomic mass is 9.89. The van der Waals surface area contributed by atoms with Gasteiger partial charge in [0.05, 0.1) is 5.92 Å². The highest BCUT2D eigenvalue weighted by molar-refractivity contribution is 5.86. The number of carbonyl (C=O) groups excluding carboxylic acids is 1. The summed E-state index contributed by atoms with van der Waals surface area (Å²) in [6, 6.07) is 10.1. The summed E-state index contributed by atoms with van der Waals surface area (Å²) in [4.78, 5) is 12.1. The van der Waals surface area contributed by atoms with Crippen LogP contribution in [-0.4, -0.2) is 5.91 Å². The molecule has 0 saturated heterocycles. The molecule has 20 heavy (non-hydrogen) atoms. The van der Waals surface area contributed by atoms with Crippen LogP contribution < -0.4 is 5.32 Å². The fourth-order valence-electron chi connectivity index (χ4n) is 3.13. The van der Waals surface area contributed by atoms with Crippen molar-refractivity contribution in [3.63, 3.8) is 0 Å². The fourth-order valence-corrected chi connectivity index (χ4v) is 3.13. The Morgan fingerprint density at radius 2 is 1.90 bits per heavy atom. The van der Waals surface area contributed by atoms with Gasteiger partial charge in [-0.3, -0.25) is 4.79 Å². The summed E-state index contributed by atoms with van der Waals surface area (Å²) in [5, 5.41) is 3.05. The number of amides is 1. The van der Waals surface area contributed by atoms with Crippen molar-refractivity contribution in [1.82, 2.24) is 5.32 Å². The summed E-state index contributed by atoms with van der Waals surface area (Å²) < 4.78 is 0. The Balaban J connectivity index is 1.46. The van der Waals surface area contributed by atoms with Crippen LogP contribution in [0.15, 0.2) is 42.0 Å². The van der Waals surface area contributed by atoms with E-state index >= 15 is 0 Å². The Morgan fingerprint density at radius 3 is 2.65 bits per heavy atom. The van der Waals surface area contributed by atoms with Crippen LogP contribution in [0.4, 0.5) is 0 Å². The number of rotatable bonds is 4. The Morgan fingerprint density at radius 1 is 1.15 bits per heavy atom. The molecule has 1 atom stereocenters. The average molecular weight is 269 g/mol. The maximum absolute atomic E-state index is 12.1. The van der Waals surface area contributed by atoms with Gasteiger partial charge in [-0.1, -0.05) is 61.2 Å². The summed E-state index contributed by atoms with van der Waals surface area (Å²) >= 11 is 0. The van der Waals surface area contributed by atoms with Gasteiger partial charge in [-0.2, -0.15) is 0 Å². The third-order valence-electron chi connectivity index (χ3n) is 4.45. The molecule has 0 spiro atoms. The molecule has 0 unspecified atom stereocenters. The largest absolute Gasteiger partial charge is 0.351 e. The highest BCUT2D eigenvalue weighted by Crippen LogP contribution is 2.40. The van der Waals surface area contributed by atoms with Gasteiger partial charge in [0.25, 0.3) is 0 Å². The van der Waals surface area contributed by atoms with Crippen molar-refractivity contribution in [2.75, 3.05) is 0 Å². The summed E-state index contributed by atoms with van der Waals surface area (Å²) in [6.45, 7) is 0.646. The highest BCUT2D eigenvalue weighted by atomic mass is 16.2. The van der Waals surface area contributed by atoms with E-state index in [1.807, 2.05) is 30.3 Å².